The van der Waals surface area contributed by atoms with Crippen molar-refractivity contribution in [3.8, 4) is 0 Å². The zero-order valence-electron chi connectivity index (χ0n) is 12.7. The molecule has 0 spiro atoms. The fraction of sp³-hybridized carbons (Fsp3) is 0.200. The molecule has 4 rings (SSSR count). The lowest BCUT2D eigenvalue weighted by Gasteiger charge is -2.29. The van der Waals surface area contributed by atoms with E-state index >= 15 is 0 Å². The molecule has 0 amide bonds. The van der Waals surface area contributed by atoms with Crippen LogP contribution in [0.3, 0.4) is 0 Å². The van der Waals surface area contributed by atoms with Gasteiger partial charge in [0.05, 0.1) is 5.57 Å². The van der Waals surface area contributed by atoms with Crippen molar-refractivity contribution in [2.45, 2.75) is 19.3 Å². The van der Waals surface area contributed by atoms with Crippen LogP contribution in [0, 0.1) is 5.92 Å². The van der Waals surface area contributed by atoms with E-state index in [0.29, 0.717) is 17.9 Å². The summed E-state index contributed by atoms with van der Waals surface area (Å²) in [6, 6.07) is 8.26. The normalized spacial score (nSPS) is 20.8. The Hall–Kier alpha value is -2.68. The highest BCUT2D eigenvalue weighted by molar-refractivity contribution is 5.94. The lowest BCUT2D eigenvalue weighted by Crippen LogP contribution is -2.17. The Balaban J connectivity index is 1.82. The Morgan fingerprint density at radius 2 is 2.04 bits per heavy atom. The van der Waals surface area contributed by atoms with E-state index < -0.39 is 0 Å². The molecule has 0 saturated carbocycles. The van der Waals surface area contributed by atoms with Crippen molar-refractivity contribution in [1.29, 1.82) is 0 Å². The highest BCUT2D eigenvalue weighted by atomic mass is 16.3. The van der Waals surface area contributed by atoms with Crippen molar-refractivity contribution in [3.05, 3.63) is 71.3 Å². The molecule has 0 saturated heterocycles. The second-order valence-electron chi connectivity index (χ2n) is 6.14. The SMILES string of the molecule is O=CC1=C(O)CCC2CC(c3cncc4ccccc34)=CC=C12. The van der Waals surface area contributed by atoms with Crippen LogP contribution in [0.5, 0.6) is 0 Å². The van der Waals surface area contributed by atoms with E-state index in [9.17, 15) is 9.90 Å². The van der Waals surface area contributed by atoms with Crippen molar-refractivity contribution in [3.63, 3.8) is 0 Å². The molecule has 114 valence electrons. The third-order valence-electron chi connectivity index (χ3n) is 4.85. The Bertz CT molecular complexity index is 884. The maximum absolute atomic E-state index is 11.3. The fourth-order valence-electron chi connectivity index (χ4n) is 3.66. The van der Waals surface area contributed by atoms with Crippen LogP contribution in [0.2, 0.25) is 0 Å². The fourth-order valence-corrected chi connectivity index (χ4v) is 3.66. The number of aromatic nitrogens is 1. The highest BCUT2D eigenvalue weighted by Gasteiger charge is 2.29. The van der Waals surface area contributed by atoms with Crippen LogP contribution in [-0.2, 0) is 4.79 Å². The first-order chi connectivity index (χ1) is 11.3. The summed E-state index contributed by atoms with van der Waals surface area (Å²) in [5.74, 6) is 0.524. The molecule has 3 heteroatoms. The molecule has 1 aromatic carbocycles. The summed E-state index contributed by atoms with van der Waals surface area (Å²) < 4.78 is 0. The molecule has 1 heterocycles. The van der Waals surface area contributed by atoms with Crippen LogP contribution in [0.1, 0.15) is 24.8 Å². The number of aliphatic hydroxyl groups excluding tert-OH is 1. The van der Waals surface area contributed by atoms with Gasteiger partial charge in [-0.3, -0.25) is 9.78 Å². The number of pyridine rings is 1. The number of rotatable bonds is 2. The molecule has 0 aliphatic heterocycles. The van der Waals surface area contributed by atoms with Crippen molar-refractivity contribution in [2.24, 2.45) is 5.92 Å². The number of aliphatic hydroxyl groups is 1. The first-order valence-electron chi connectivity index (χ1n) is 7.89. The predicted molar refractivity (Wildman–Crippen MR) is 90.9 cm³/mol. The smallest absolute Gasteiger partial charge is 0.153 e. The monoisotopic (exact) mass is 303 g/mol. The molecule has 0 bridgehead atoms. The predicted octanol–water partition coefficient (Wildman–Crippen LogP) is 4.37. The van der Waals surface area contributed by atoms with Crippen molar-refractivity contribution in [2.75, 3.05) is 0 Å². The summed E-state index contributed by atoms with van der Waals surface area (Å²) in [4.78, 5) is 15.6. The molecule has 1 aromatic heterocycles. The largest absolute Gasteiger partial charge is 0.512 e. The van der Waals surface area contributed by atoms with Gasteiger partial charge in [0.2, 0.25) is 0 Å². The average Bonchev–Trinajstić information content (AvgIpc) is 2.61. The van der Waals surface area contributed by atoms with Crippen LogP contribution in [0.15, 0.2) is 65.7 Å². The van der Waals surface area contributed by atoms with Gasteiger partial charge in [0.15, 0.2) is 6.29 Å². The molecule has 1 atom stereocenters. The zero-order valence-corrected chi connectivity index (χ0v) is 12.7. The van der Waals surface area contributed by atoms with Gasteiger partial charge >= 0.3 is 0 Å². The van der Waals surface area contributed by atoms with Crippen LogP contribution >= 0.6 is 0 Å². The number of carbonyl (C=O) groups excluding carboxylic acids is 1. The van der Waals surface area contributed by atoms with Gasteiger partial charge in [-0.25, -0.2) is 0 Å². The standard InChI is InChI=1S/C20H17NO2/c22-12-19-17-7-5-14(9-13(17)6-8-20(19)23)18-11-21-10-15-3-1-2-4-16(15)18/h1-5,7,10-13,23H,6,8-9H2. The van der Waals surface area contributed by atoms with E-state index in [-0.39, 0.29) is 5.76 Å². The minimum absolute atomic E-state index is 0.228. The Kier molecular flexibility index (Phi) is 3.34. The van der Waals surface area contributed by atoms with Crippen LogP contribution in [-0.4, -0.2) is 16.4 Å². The van der Waals surface area contributed by atoms with Crippen LogP contribution < -0.4 is 0 Å². The number of nitrogens with zero attached hydrogens (tertiary/aromatic N) is 1. The second-order valence-corrected chi connectivity index (χ2v) is 6.14. The zero-order chi connectivity index (χ0) is 15.8. The first-order valence-corrected chi connectivity index (χ1v) is 7.89. The third-order valence-corrected chi connectivity index (χ3v) is 4.85. The van der Waals surface area contributed by atoms with Crippen molar-refractivity contribution >= 4 is 22.6 Å². The maximum atomic E-state index is 11.3. The number of hydrogen-bond acceptors (Lipinski definition) is 3. The number of carbonyl (C=O) groups is 1. The maximum Gasteiger partial charge on any atom is 0.153 e. The van der Waals surface area contributed by atoms with Crippen molar-refractivity contribution in [1.82, 2.24) is 4.98 Å². The molecule has 1 unspecified atom stereocenters. The lowest BCUT2D eigenvalue weighted by atomic mass is 9.75. The summed E-state index contributed by atoms with van der Waals surface area (Å²) in [7, 11) is 0. The highest BCUT2D eigenvalue weighted by Crippen LogP contribution is 2.42. The number of fused-ring (bicyclic) bond motifs is 2. The molecule has 2 aliphatic carbocycles. The lowest BCUT2D eigenvalue weighted by molar-refractivity contribution is -0.105. The van der Waals surface area contributed by atoms with E-state index in [0.717, 1.165) is 35.7 Å². The number of aldehydes is 1. The molecular weight excluding hydrogens is 286 g/mol. The topological polar surface area (TPSA) is 50.2 Å². The Labute approximate surface area is 134 Å². The molecular formula is C20H17NO2. The van der Waals surface area contributed by atoms with Gasteiger partial charge in [-0.1, -0.05) is 36.4 Å². The van der Waals surface area contributed by atoms with E-state index in [1.807, 2.05) is 30.6 Å². The van der Waals surface area contributed by atoms with E-state index in [2.05, 4.69) is 23.2 Å². The van der Waals surface area contributed by atoms with Gasteiger partial charge in [0.1, 0.15) is 5.76 Å². The van der Waals surface area contributed by atoms with Crippen molar-refractivity contribution < 1.29 is 9.90 Å². The molecule has 3 nitrogen and oxygen atoms in total. The van der Waals surface area contributed by atoms with Gasteiger partial charge in [-0.15, -0.1) is 0 Å². The number of allylic oxidation sites excluding steroid dienone is 6. The van der Waals surface area contributed by atoms with Crippen LogP contribution in [0.4, 0.5) is 0 Å². The summed E-state index contributed by atoms with van der Waals surface area (Å²) in [5, 5.41) is 12.2. The van der Waals surface area contributed by atoms with E-state index in [1.165, 1.54) is 11.0 Å². The van der Waals surface area contributed by atoms with Gasteiger partial charge in [-0.2, -0.15) is 0 Å². The molecule has 0 fully saturated rings. The molecule has 2 aromatic rings. The molecule has 0 radical (unpaired) electrons. The second kappa shape index (κ2) is 5.51. The molecule has 23 heavy (non-hydrogen) atoms. The summed E-state index contributed by atoms with van der Waals surface area (Å²) in [6.07, 6.45) is 11.0. The van der Waals surface area contributed by atoms with E-state index in [1.54, 1.807) is 0 Å². The first kappa shape index (κ1) is 13.9. The van der Waals surface area contributed by atoms with Gasteiger partial charge in [-0.05, 0) is 35.3 Å². The summed E-state index contributed by atoms with van der Waals surface area (Å²) >= 11 is 0. The number of hydrogen-bond donors (Lipinski definition) is 1. The average molecular weight is 303 g/mol. The molecule has 2 aliphatic rings. The van der Waals surface area contributed by atoms with Gasteiger partial charge in [0.25, 0.3) is 0 Å². The minimum Gasteiger partial charge on any atom is -0.512 e. The van der Waals surface area contributed by atoms with E-state index in [4.69, 9.17) is 0 Å². The van der Waals surface area contributed by atoms with Gasteiger partial charge < -0.3 is 5.11 Å². The quantitative estimate of drug-likeness (QED) is 0.838. The van der Waals surface area contributed by atoms with Gasteiger partial charge in [0, 0.05) is 29.8 Å². The number of benzene rings is 1. The minimum atomic E-state index is 0.228. The Morgan fingerprint density at radius 1 is 1.17 bits per heavy atom. The Morgan fingerprint density at radius 3 is 2.91 bits per heavy atom. The summed E-state index contributed by atoms with van der Waals surface area (Å²) in [5.41, 5.74) is 3.85. The molecule has 1 N–H and O–H groups in total. The summed E-state index contributed by atoms with van der Waals surface area (Å²) in [6.45, 7) is 0. The van der Waals surface area contributed by atoms with Crippen LogP contribution in [0.25, 0.3) is 16.3 Å². The third kappa shape index (κ3) is 2.29.